The Morgan fingerprint density at radius 3 is 2.56 bits per heavy atom. The maximum atomic E-state index is 10.7. The normalized spacial score (nSPS) is 9.81. The van der Waals surface area contributed by atoms with Crippen molar-refractivity contribution in [3.05, 3.63) is 42.5 Å². The van der Waals surface area contributed by atoms with Crippen molar-refractivity contribution in [1.29, 1.82) is 0 Å². The summed E-state index contributed by atoms with van der Waals surface area (Å²) in [6, 6.07) is 7.86. The van der Waals surface area contributed by atoms with Gasteiger partial charge in [-0.05, 0) is 25.5 Å². The van der Waals surface area contributed by atoms with Gasteiger partial charge in [0.2, 0.25) is 0 Å². The van der Waals surface area contributed by atoms with Gasteiger partial charge in [-0.15, -0.1) is 6.58 Å². The number of nitrogens with zero attached hydrogens (tertiary/aromatic N) is 1. The molecule has 86 valence electrons. The van der Waals surface area contributed by atoms with E-state index in [2.05, 4.69) is 6.58 Å². The number of aliphatic carboxylic acids is 1. The Labute approximate surface area is 96.0 Å². The van der Waals surface area contributed by atoms with Crippen LogP contribution in [0.3, 0.4) is 0 Å². The number of hydrogen-bond acceptors (Lipinski definition) is 2. The van der Waals surface area contributed by atoms with Crippen LogP contribution < -0.4 is 4.90 Å². The minimum Gasteiger partial charge on any atom is -0.480 e. The summed E-state index contributed by atoms with van der Waals surface area (Å²) in [6.45, 7) is 6.36. The highest BCUT2D eigenvalue weighted by Crippen LogP contribution is 2.15. The van der Waals surface area contributed by atoms with Crippen LogP contribution in [0.25, 0.3) is 0 Å². The van der Waals surface area contributed by atoms with E-state index in [-0.39, 0.29) is 6.54 Å². The van der Waals surface area contributed by atoms with E-state index < -0.39 is 5.97 Å². The van der Waals surface area contributed by atoms with Gasteiger partial charge in [-0.1, -0.05) is 23.8 Å². The first-order valence-electron chi connectivity index (χ1n) is 5.28. The van der Waals surface area contributed by atoms with Gasteiger partial charge in [0.15, 0.2) is 0 Å². The zero-order chi connectivity index (χ0) is 12.0. The quantitative estimate of drug-likeness (QED) is 0.747. The summed E-state index contributed by atoms with van der Waals surface area (Å²) in [5.41, 5.74) is 2.11. The second-order valence-electron chi connectivity index (χ2n) is 3.73. The number of carbonyl (C=O) groups is 1. The summed E-state index contributed by atoms with van der Waals surface area (Å²) < 4.78 is 0. The third-order valence-corrected chi connectivity index (χ3v) is 2.33. The molecule has 0 unspecified atom stereocenters. The predicted molar refractivity (Wildman–Crippen MR) is 65.8 cm³/mol. The van der Waals surface area contributed by atoms with Crippen molar-refractivity contribution in [1.82, 2.24) is 0 Å². The zero-order valence-corrected chi connectivity index (χ0v) is 9.52. The first-order valence-corrected chi connectivity index (χ1v) is 5.28. The van der Waals surface area contributed by atoms with Crippen molar-refractivity contribution in [3.63, 3.8) is 0 Å². The Morgan fingerprint density at radius 1 is 1.44 bits per heavy atom. The van der Waals surface area contributed by atoms with Crippen LogP contribution in [-0.2, 0) is 4.79 Å². The van der Waals surface area contributed by atoms with E-state index in [1.165, 1.54) is 5.56 Å². The summed E-state index contributed by atoms with van der Waals surface area (Å²) in [7, 11) is 0. The van der Waals surface area contributed by atoms with E-state index in [1.807, 2.05) is 36.1 Å². The number of anilines is 1. The molecule has 0 saturated heterocycles. The van der Waals surface area contributed by atoms with Crippen LogP contribution in [0.5, 0.6) is 0 Å². The lowest BCUT2D eigenvalue weighted by Gasteiger charge is -2.22. The molecule has 3 nitrogen and oxygen atoms in total. The molecular formula is C13H17NO2. The zero-order valence-electron chi connectivity index (χ0n) is 9.52. The van der Waals surface area contributed by atoms with Gasteiger partial charge in [-0.3, -0.25) is 4.79 Å². The molecule has 0 spiro atoms. The number of aryl methyl sites for hydroxylation is 1. The molecule has 0 heterocycles. The molecule has 0 fully saturated rings. The first-order chi connectivity index (χ1) is 7.63. The van der Waals surface area contributed by atoms with Crippen molar-refractivity contribution in [2.75, 3.05) is 18.0 Å². The summed E-state index contributed by atoms with van der Waals surface area (Å²) in [5.74, 6) is -0.815. The lowest BCUT2D eigenvalue weighted by molar-refractivity contribution is -0.135. The van der Waals surface area contributed by atoms with Gasteiger partial charge in [0.05, 0.1) is 0 Å². The molecule has 0 atom stereocenters. The summed E-state index contributed by atoms with van der Waals surface area (Å²) in [5, 5.41) is 8.83. The lowest BCUT2D eigenvalue weighted by Crippen LogP contribution is -2.30. The van der Waals surface area contributed by atoms with Gasteiger partial charge in [0, 0.05) is 12.2 Å². The van der Waals surface area contributed by atoms with E-state index in [0.717, 1.165) is 12.1 Å². The molecule has 0 aliphatic carbocycles. The molecule has 0 saturated carbocycles. The molecule has 1 aromatic rings. The van der Waals surface area contributed by atoms with Gasteiger partial charge < -0.3 is 10.0 Å². The van der Waals surface area contributed by atoms with E-state index in [4.69, 9.17) is 5.11 Å². The Hall–Kier alpha value is -1.77. The molecule has 0 amide bonds. The van der Waals surface area contributed by atoms with Crippen molar-refractivity contribution in [2.45, 2.75) is 13.3 Å². The Kier molecular flexibility index (Phi) is 4.58. The molecule has 0 aliphatic rings. The van der Waals surface area contributed by atoms with E-state index in [0.29, 0.717) is 6.54 Å². The van der Waals surface area contributed by atoms with Crippen molar-refractivity contribution in [2.24, 2.45) is 0 Å². The Bertz CT molecular complexity index is 357. The van der Waals surface area contributed by atoms with E-state index >= 15 is 0 Å². The molecule has 0 bridgehead atoms. The van der Waals surface area contributed by atoms with Crippen LogP contribution in [-0.4, -0.2) is 24.2 Å². The van der Waals surface area contributed by atoms with Crippen molar-refractivity contribution >= 4 is 11.7 Å². The molecule has 0 radical (unpaired) electrons. The van der Waals surface area contributed by atoms with Gasteiger partial charge in [0.1, 0.15) is 6.54 Å². The third-order valence-electron chi connectivity index (χ3n) is 2.33. The molecule has 1 N–H and O–H groups in total. The number of hydrogen-bond donors (Lipinski definition) is 1. The summed E-state index contributed by atoms with van der Waals surface area (Å²) in [6.07, 6.45) is 2.57. The van der Waals surface area contributed by atoms with E-state index in [9.17, 15) is 4.79 Å². The summed E-state index contributed by atoms with van der Waals surface area (Å²) >= 11 is 0. The van der Waals surface area contributed by atoms with Crippen molar-refractivity contribution in [3.8, 4) is 0 Å². The molecule has 16 heavy (non-hydrogen) atoms. The van der Waals surface area contributed by atoms with Crippen molar-refractivity contribution < 1.29 is 9.90 Å². The number of carboxylic acids is 1. The smallest absolute Gasteiger partial charge is 0.323 e. The predicted octanol–water partition coefficient (Wildman–Crippen LogP) is 2.46. The second-order valence-corrected chi connectivity index (χ2v) is 3.73. The standard InChI is InChI=1S/C13H17NO2/c1-3-4-9-14(10-13(15)16)12-7-5-11(2)6-8-12/h3,5-8H,1,4,9-10H2,2H3,(H,15,16). The molecule has 1 rings (SSSR count). The monoisotopic (exact) mass is 219 g/mol. The highest BCUT2D eigenvalue weighted by atomic mass is 16.4. The largest absolute Gasteiger partial charge is 0.480 e. The topological polar surface area (TPSA) is 40.5 Å². The summed E-state index contributed by atoms with van der Waals surface area (Å²) in [4.78, 5) is 12.6. The molecule has 0 aliphatic heterocycles. The van der Waals surface area contributed by atoms with Gasteiger partial charge in [0.25, 0.3) is 0 Å². The molecule has 1 aromatic carbocycles. The fourth-order valence-corrected chi connectivity index (χ4v) is 1.47. The number of carboxylic acid groups (broad SMARTS) is 1. The average Bonchev–Trinajstić information content (AvgIpc) is 2.25. The van der Waals surface area contributed by atoms with Crippen LogP contribution in [0.4, 0.5) is 5.69 Å². The van der Waals surface area contributed by atoms with Gasteiger partial charge >= 0.3 is 5.97 Å². The third kappa shape index (κ3) is 3.77. The lowest BCUT2D eigenvalue weighted by atomic mass is 10.2. The van der Waals surface area contributed by atoms with Crippen LogP contribution in [0.1, 0.15) is 12.0 Å². The maximum absolute atomic E-state index is 10.7. The van der Waals surface area contributed by atoms with Crippen LogP contribution in [0.15, 0.2) is 36.9 Å². The molecule has 0 aromatic heterocycles. The Balaban J connectivity index is 2.77. The van der Waals surface area contributed by atoms with E-state index in [1.54, 1.807) is 6.08 Å². The van der Waals surface area contributed by atoms with Gasteiger partial charge in [-0.2, -0.15) is 0 Å². The number of benzene rings is 1. The SMILES string of the molecule is C=CCCN(CC(=O)O)c1ccc(C)cc1. The fourth-order valence-electron chi connectivity index (χ4n) is 1.47. The van der Waals surface area contributed by atoms with Crippen LogP contribution in [0.2, 0.25) is 0 Å². The minimum atomic E-state index is -0.815. The molecule has 3 heteroatoms. The highest BCUT2D eigenvalue weighted by molar-refractivity contribution is 5.73. The highest BCUT2D eigenvalue weighted by Gasteiger charge is 2.09. The fraction of sp³-hybridized carbons (Fsp3) is 0.308. The van der Waals surface area contributed by atoms with Crippen LogP contribution in [0, 0.1) is 6.92 Å². The van der Waals surface area contributed by atoms with Crippen LogP contribution >= 0.6 is 0 Å². The first kappa shape index (κ1) is 12.3. The Morgan fingerprint density at radius 2 is 2.06 bits per heavy atom. The molecular weight excluding hydrogens is 202 g/mol. The second kappa shape index (κ2) is 5.95. The number of rotatable bonds is 6. The maximum Gasteiger partial charge on any atom is 0.323 e. The minimum absolute atomic E-state index is 0.0247. The average molecular weight is 219 g/mol. The van der Waals surface area contributed by atoms with Gasteiger partial charge in [-0.25, -0.2) is 0 Å².